The number of likely N-dealkylation sites (N-methyl/N-ethyl adjacent to an activating group) is 1. The van der Waals surface area contributed by atoms with Crippen LogP contribution < -0.4 is 5.32 Å². The molecule has 1 radical (unpaired) electrons. The SMILES string of the molecule is CCNCCOCCC[S]. The Bertz CT molecular complexity index is 53.6. The van der Waals surface area contributed by atoms with Crippen LogP contribution >= 0.6 is 12.6 Å². The van der Waals surface area contributed by atoms with Gasteiger partial charge in [-0.25, -0.2) is 0 Å². The molecule has 0 aromatic rings. The maximum absolute atomic E-state index is 5.25. The molecule has 0 aliphatic rings. The van der Waals surface area contributed by atoms with Gasteiger partial charge in [-0.15, -0.1) is 0 Å². The van der Waals surface area contributed by atoms with Crippen LogP contribution in [0.15, 0.2) is 0 Å². The van der Waals surface area contributed by atoms with E-state index < -0.39 is 0 Å². The summed E-state index contributed by atoms with van der Waals surface area (Å²) in [5.41, 5.74) is 0. The fourth-order valence-corrected chi connectivity index (χ4v) is 0.702. The fraction of sp³-hybridized carbons (Fsp3) is 1.00. The Labute approximate surface area is 68.7 Å². The Hall–Kier alpha value is 0.270. The van der Waals surface area contributed by atoms with E-state index in [0.717, 1.165) is 38.5 Å². The molecule has 2 nitrogen and oxygen atoms in total. The van der Waals surface area contributed by atoms with Crippen LogP contribution in [-0.2, 0) is 4.74 Å². The van der Waals surface area contributed by atoms with Gasteiger partial charge in [0, 0.05) is 18.9 Å². The van der Waals surface area contributed by atoms with Crippen LogP contribution in [0, 0.1) is 0 Å². The molecule has 1 N–H and O–H groups in total. The monoisotopic (exact) mass is 162 g/mol. The van der Waals surface area contributed by atoms with Crippen molar-refractivity contribution in [2.24, 2.45) is 0 Å². The highest BCUT2D eigenvalue weighted by Crippen LogP contribution is 1.84. The Kier molecular flexibility index (Phi) is 9.52. The summed E-state index contributed by atoms with van der Waals surface area (Å²) in [4.78, 5) is 0. The molecule has 0 bridgehead atoms. The molecule has 0 heterocycles. The molecule has 0 aliphatic heterocycles. The molecule has 0 saturated heterocycles. The smallest absolute Gasteiger partial charge is 0.0590 e. The van der Waals surface area contributed by atoms with E-state index in [1.807, 2.05) is 0 Å². The maximum Gasteiger partial charge on any atom is 0.0590 e. The van der Waals surface area contributed by atoms with Gasteiger partial charge in [-0.3, -0.25) is 0 Å². The third-order valence-electron chi connectivity index (χ3n) is 1.11. The quantitative estimate of drug-likeness (QED) is 0.568. The van der Waals surface area contributed by atoms with Crippen molar-refractivity contribution in [3.63, 3.8) is 0 Å². The lowest BCUT2D eigenvalue weighted by Crippen LogP contribution is -2.19. The normalized spacial score (nSPS) is 10.2. The number of nitrogens with one attached hydrogen (secondary N) is 1. The first-order chi connectivity index (χ1) is 4.91. The summed E-state index contributed by atoms with van der Waals surface area (Å²) in [6.45, 7) is 5.68. The summed E-state index contributed by atoms with van der Waals surface area (Å²) in [7, 11) is 0. The highest BCUT2D eigenvalue weighted by molar-refractivity contribution is 7.80. The average Bonchev–Trinajstić information content (AvgIpc) is 1.97. The molecule has 0 spiro atoms. The van der Waals surface area contributed by atoms with Crippen molar-refractivity contribution in [2.75, 3.05) is 32.1 Å². The standard InChI is InChI=1S/C7H16NOS/c1-2-8-4-6-9-5-3-7-10/h8H,2-7H2,1H3. The highest BCUT2D eigenvalue weighted by Gasteiger charge is 1.85. The second kappa shape index (κ2) is 9.27. The predicted molar refractivity (Wildman–Crippen MR) is 46.4 cm³/mol. The molecule has 0 aromatic heterocycles. The minimum Gasteiger partial charge on any atom is -0.380 e. The van der Waals surface area contributed by atoms with Gasteiger partial charge in [0.25, 0.3) is 0 Å². The molecule has 3 heteroatoms. The van der Waals surface area contributed by atoms with Crippen LogP contribution in [0.4, 0.5) is 0 Å². The summed E-state index contributed by atoms with van der Waals surface area (Å²) in [6, 6.07) is 0. The van der Waals surface area contributed by atoms with Gasteiger partial charge < -0.3 is 10.1 Å². The molecule has 0 aliphatic carbocycles. The summed E-state index contributed by atoms with van der Waals surface area (Å²) in [5, 5.41) is 3.17. The molecule has 0 saturated carbocycles. The lowest BCUT2D eigenvalue weighted by Gasteiger charge is -2.02. The minimum atomic E-state index is 0.807. The van der Waals surface area contributed by atoms with E-state index in [1.165, 1.54) is 0 Å². The summed E-state index contributed by atoms with van der Waals surface area (Å²) in [6.07, 6.45) is 1.00. The molecule has 0 atom stereocenters. The van der Waals surface area contributed by atoms with E-state index in [0.29, 0.717) is 0 Å². The maximum atomic E-state index is 5.25. The Morgan fingerprint density at radius 1 is 1.40 bits per heavy atom. The van der Waals surface area contributed by atoms with Crippen LogP contribution in [0.2, 0.25) is 0 Å². The van der Waals surface area contributed by atoms with Crippen LogP contribution in [0.3, 0.4) is 0 Å². The average molecular weight is 162 g/mol. The second-order valence-corrected chi connectivity index (χ2v) is 2.43. The van der Waals surface area contributed by atoms with E-state index in [2.05, 4.69) is 12.2 Å². The highest BCUT2D eigenvalue weighted by atomic mass is 32.1. The van der Waals surface area contributed by atoms with Crippen molar-refractivity contribution in [1.29, 1.82) is 0 Å². The van der Waals surface area contributed by atoms with Crippen LogP contribution in [0.5, 0.6) is 0 Å². The van der Waals surface area contributed by atoms with Gasteiger partial charge in [0.15, 0.2) is 0 Å². The minimum absolute atomic E-state index is 0.807. The van der Waals surface area contributed by atoms with Crippen molar-refractivity contribution >= 4 is 12.6 Å². The van der Waals surface area contributed by atoms with Gasteiger partial charge in [0.1, 0.15) is 0 Å². The van der Waals surface area contributed by atoms with Crippen molar-refractivity contribution in [2.45, 2.75) is 13.3 Å². The fourth-order valence-electron chi connectivity index (χ4n) is 0.584. The third kappa shape index (κ3) is 8.27. The largest absolute Gasteiger partial charge is 0.380 e. The first-order valence-electron chi connectivity index (χ1n) is 3.78. The van der Waals surface area contributed by atoms with Gasteiger partial charge in [0.05, 0.1) is 6.61 Å². The molecule has 10 heavy (non-hydrogen) atoms. The first kappa shape index (κ1) is 10.3. The zero-order chi connectivity index (χ0) is 7.66. The van der Waals surface area contributed by atoms with Crippen molar-refractivity contribution in [3.05, 3.63) is 0 Å². The topological polar surface area (TPSA) is 21.3 Å². The van der Waals surface area contributed by atoms with E-state index in [9.17, 15) is 0 Å². The second-order valence-electron chi connectivity index (χ2n) is 2.02. The Morgan fingerprint density at radius 3 is 2.80 bits per heavy atom. The Balaban J connectivity index is 2.65. The van der Waals surface area contributed by atoms with E-state index in [-0.39, 0.29) is 0 Å². The number of ether oxygens (including phenoxy) is 1. The molecular formula is C7H16NOS. The molecule has 61 valence electrons. The van der Waals surface area contributed by atoms with Gasteiger partial charge in [0.2, 0.25) is 0 Å². The molecular weight excluding hydrogens is 146 g/mol. The predicted octanol–water partition coefficient (Wildman–Crippen LogP) is 1.20. The summed E-state index contributed by atoms with van der Waals surface area (Å²) in [5.74, 6) is 0.807. The first-order valence-corrected chi connectivity index (χ1v) is 4.36. The number of hydrogen-bond donors (Lipinski definition) is 1. The number of hydrogen-bond acceptors (Lipinski definition) is 2. The zero-order valence-electron chi connectivity index (χ0n) is 6.56. The van der Waals surface area contributed by atoms with Crippen LogP contribution in [-0.4, -0.2) is 32.1 Å². The van der Waals surface area contributed by atoms with Gasteiger partial charge >= 0.3 is 0 Å². The van der Waals surface area contributed by atoms with Crippen LogP contribution in [0.25, 0.3) is 0 Å². The van der Waals surface area contributed by atoms with Crippen LogP contribution in [0.1, 0.15) is 13.3 Å². The molecule has 0 aromatic carbocycles. The van der Waals surface area contributed by atoms with E-state index in [4.69, 9.17) is 17.4 Å². The molecule has 0 rings (SSSR count). The van der Waals surface area contributed by atoms with Crippen molar-refractivity contribution in [3.8, 4) is 0 Å². The van der Waals surface area contributed by atoms with E-state index >= 15 is 0 Å². The lowest BCUT2D eigenvalue weighted by molar-refractivity contribution is 0.137. The molecule has 0 unspecified atom stereocenters. The summed E-state index contributed by atoms with van der Waals surface area (Å²) >= 11 is 4.76. The zero-order valence-corrected chi connectivity index (χ0v) is 7.38. The molecule has 0 amide bonds. The van der Waals surface area contributed by atoms with Gasteiger partial charge in [-0.05, 0) is 13.0 Å². The third-order valence-corrected chi connectivity index (χ3v) is 1.39. The van der Waals surface area contributed by atoms with Gasteiger partial charge in [-0.1, -0.05) is 19.6 Å². The van der Waals surface area contributed by atoms with E-state index in [1.54, 1.807) is 0 Å². The van der Waals surface area contributed by atoms with Crippen molar-refractivity contribution in [1.82, 2.24) is 5.32 Å². The van der Waals surface area contributed by atoms with Crippen molar-refractivity contribution < 1.29 is 4.74 Å². The number of rotatable bonds is 7. The van der Waals surface area contributed by atoms with Gasteiger partial charge in [-0.2, -0.15) is 0 Å². The molecule has 0 fully saturated rings. The lowest BCUT2D eigenvalue weighted by atomic mass is 10.5. The summed E-state index contributed by atoms with van der Waals surface area (Å²) < 4.78 is 5.25. The Morgan fingerprint density at radius 2 is 2.20 bits per heavy atom.